The zero-order valence-corrected chi connectivity index (χ0v) is 12.1. The summed E-state index contributed by atoms with van der Waals surface area (Å²) in [6.45, 7) is 4.73. The number of aryl methyl sites for hydroxylation is 2. The van der Waals surface area contributed by atoms with Crippen LogP contribution in [0.4, 0.5) is 4.39 Å². The highest BCUT2D eigenvalue weighted by Gasteiger charge is 2.12. The van der Waals surface area contributed by atoms with E-state index in [0.29, 0.717) is 5.56 Å². The molecule has 0 aliphatic heterocycles. The molecule has 0 aliphatic rings. The SMILES string of the molecule is CCNC(CCc1cccnc1)c1ccc(C)c(F)c1. The summed E-state index contributed by atoms with van der Waals surface area (Å²) in [5.41, 5.74) is 2.91. The van der Waals surface area contributed by atoms with Gasteiger partial charge >= 0.3 is 0 Å². The molecule has 1 atom stereocenters. The van der Waals surface area contributed by atoms with Crippen molar-refractivity contribution in [2.75, 3.05) is 6.54 Å². The van der Waals surface area contributed by atoms with Crippen LogP contribution in [0.2, 0.25) is 0 Å². The lowest BCUT2D eigenvalue weighted by Crippen LogP contribution is -2.21. The summed E-state index contributed by atoms with van der Waals surface area (Å²) in [6.07, 6.45) is 5.53. The van der Waals surface area contributed by atoms with Gasteiger partial charge in [0.05, 0.1) is 0 Å². The van der Waals surface area contributed by atoms with Crippen molar-refractivity contribution in [2.24, 2.45) is 0 Å². The number of halogens is 1. The first-order valence-electron chi connectivity index (χ1n) is 7.09. The van der Waals surface area contributed by atoms with Gasteiger partial charge in [0.15, 0.2) is 0 Å². The Labute approximate surface area is 120 Å². The third kappa shape index (κ3) is 3.87. The lowest BCUT2D eigenvalue weighted by Gasteiger charge is -2.19. The van der Waals surface area contributed by atoms with Gasteiger partial charge in [-0.1, -0.05) is 25.1 Å². The molecular weight excluding hydrogens is 251 g/mol. The van der Waals surface area contributed by atoms with Crippen LogP contribution in [0.25, 0.3) is 0 Å². The minimum atomic E-state index is -0.133. The molecule has 0 aliphatic carbocycles. The van der Waals surface area contributed by atoms with Crippen LogP contribution < -0.4 is 5.32 Å². The topological polar surface area (TPSA) is 24.9 Å². The molecule has 1 aromatic heterocycles. The molecule has 2 rings (SSSR count). The van der Waals surface area contributed by atoms with Crippen molar-refractivity contribution in [3.05, 3.63) is 65.2 Å². The molecule has 0 saturated carbocycles. The van der Waals surface area contributed by atoms with Gasteiger partial charge in [-0.25, -0.2) is 4.39 Å². The molecule has 1 N–H and O–H groups in total. The van der Waals surface area contributed by atoms with Crippen molar-refractivity contribution in [3.63, 3.8) is 0 Å². The Hall–Kier alpha value is -1.74. The quantitative estimate of drug-likeness (QED) is 0.865. The van der Waals surface area contributed by atoms with E-state index in [1.807, 2.05) is 24.4 Å². The van der Waals surface area contributed by atoms with E-state index >= 15 is 0 Å². The van der Waals surface area contributed by atoms with Gasteiger partial charge in [-0.2, -0.15) is 0 Å². The summed E-state index contributed by atoms with van der Waals surface area (Å²) < 4.78 is 13.7. The number of rotatable bonds is 6. The third-order valence-electron chi connectivity index (χ3n) is 3.49. The largest absolute Gasteiger partial charge is 0.310 e. The van der Waals surface area contributed by atoms with Crippen LogP contribution in [-0.2, 0) is 6.42 Å². The molecule has 1 heterocycles. The number of hydrogen-bond donors (Lipinski definition) is 1. The molecule has 0 fully saturated rings. The van der Waals surface area contributed by atoms with Crippen LogP contribution in [0, 0.1) is 12.7 Å². The summed E-state index contributed by atoms with van der Waals surface area (Å²) in [5.74, 6) is -0.133. The molecule has 2 aromatic rings. The Balaban J connectivity index is 2.08. The van der Waals surface area contributed by atoms with Crippen LogP contribution in [-0.4, -0.2) is 11.5 Å². The minimum Gasteiger partial charge on any atom is -0.310 e. The average Bonchev–Trinajstić information content (AvgIpc) is 2.47. The fourth-order valence-electron chi connectivity index (χ4n) is 2.32. The Kier molecular flexibility index (Phi) is 5.24. The summed E-state index contributed by atoms with van der Waals surface area (Å²) in [6, 6.07) is 9.70. The van der Waals surface area contributed by atoms with E-state index in [-0.39, 0.29) is 11.9 Å². The molecule has 1 aromatic carbocycles. The molecule has 0 amide bonds. The maximum Gasteiger partial charge on any atom is 0.126 e. The van der Waals surface area contributed by atoms with Crippen LogP contribution in [0.15, 0.2) is 42.7 Å². The first-order chi connectivity index (χ1) is 9.70. The maximum absolute atomic E-state index is 13.7. The molecule has 1 unspecified atom stereocenters. The van der Waals surface area contributed by atoms with Crippen molar-refractivity contribution in [3.8, 4) is 0 Å². The van der Waals surface area contributed by atoms with Gasteiger partial charge < -0.3 is 5.32 Å². The normalized spacial score (nSPS) is 12.3. The monoisotopic (exact) mass is 272 g/mol. The Morgan fingerprint density at radius 3 is 2.80 bits per heavy atom. The number of hydrogen-bond acceptors (Lipinski definition) is 2. The Bertz CT molecular complexity index is 540. The van der Waals surface area contributed by atoms with Gasteiger partial charge in [0.2, 0.25) is 0 Å². The number of benzene rings is 1. The van der Waals surface area contributed by atoms with Gasteiger partial charge in [-0.05, 0) is 55.1 Å². The fourth-order valence-corrected chi connectivity index (χ4v) is 2.32. The minimum absolute atomic E-state index is 0.133. The average molecular weight is 272 g/mol. The fraction of sp³-hybridized carbons (Fsp3) is 0.353. The predicted octanol–water partition coefficient (Wildman–Crippen LogP) is 3.81. The zero-order chi connectivity index (χ0) is 14.4. The molecule has 2 nitrogen and oxygen atoms in total. The Morgan fingerprint density at radius 1 is 1.30 bits per heavy atom. The number of pyridine rings is 1. The molecule has 20 heavy (non-hydrogen) atoms. The molecule has 0 bridgehead atoms. The zero-order valence-electron chi connectivity index (χ0n) is 12.1. The number of nitrogens with zero attached hydrogens (tertiary/aromatic N) is 1. The second kappa shape index (κ2) is 7.15. The third-order valence-corrected chi connectivity index (χ3v) is 3.49. The number of nitrogens with one attached hydrogen (secondary N) is 1. The van der Waals surface area contributed by atoms with Gasteiger partial charge in [-0.3, -0.25) is 4.98 Å². The molecule has 106 valence electrons. The van der Waals surface area contributed by atoms with E-state index in [0.717, 1.165) is 24.9 Å². The summed E-state index contributed by atoms with van der Waals surface area (Å²) in [4.78, 5) is 4.13. The first kappa shape index (κ1) is 14.7. The molecular formula is C17H21FN2. The molecule has 0 saturated heterocycles. The van der Waals surface area contributed by atoms with Gasteiger partial charge in [0.1, 0.15) is 5.82 Å². The maximum atomic E-state index is 13.7. The summed E-state index contributed by atoms with van der Waals surface area (Å²) in [5, 5.41) is 3.43. The molecule has 0 radical (unpaired) electrons. The van der Waals surface area contributed by atoms with Crippen molar-refractivity contribution in [2.45, 2.75) is 32.7 Å². The van der Waals surface area contributed by atoms with E-state index in [2.05, 4.69) is 23.3 Å². The second-order valence-electron chi connectivity index (χ2n) is 5.02. The summed E-state index contributed by atoms with van der Waals surface area (Å²) in [7, 11) is 0. The van der Waals surface area contributed by atoms with E-state index in [1.165, 1.54) is 5.56 Å². The van der Waals surface area contributed by atoms with E-state index < -0.39 is 0 Å². The highest BCUT2D eigenvalue weighted by molar-refractivity contribution is 5.26. The lowest BCUT2D eigenvalue weighted by atomic mass is 9.98. The van der Waals surface area contributed by atoms with E-state index in [4.69, 9.17) is 0 Å². The van der Waals surface area contributed by atoms with Crippen LogP contribution in [0.1, 0.15) is 36.1 Å². The van der Waals surface area contributed by atoms with Crippen molar-refractivity contribution >= 4 is 0 Å². The first-order valence-corrected chi connectivity index (χ1v) is 7.09. The van der Waals surface area contributed by atoms with Crippen LogP contribution >= 0.6 is 0 Å². The standard InChI is InChI=1S/C17H21FN2/c1-3-20-17(9-7-14-5-4-10-19-12-14)15-8-6-13(2)16(18)11-15/h4-6,8,10-12,17,20H,3,7,9H2,1-2H3. The van der Waals surface area contributed by atoms with Gasteiger partial charge in [-0.15, -0.1) is 0 Å². The second-order valence-corrected chi connectivity index (χ2v) is 5.02. The highest BCUT2D eigenvalue weighted by atomic mass is 19.1. The number of aromatic nitrogens is 1. The predicted molar refractivity (Wildman–Crippen MR) is 80.1 cm³/mol. The highest BCUT2D eigenvalue weighted by Crippen LogP contribution is 2.21. The van der Waals surface area contributed by atoms with Crippen molar-refractivity contribution in [1.29, 1.82) is 0 Å². The van der Waals surface area contributed by atoms with E-state index in [1.54, 1.807) is 19.2 Å². The van der Waals surface area contributed by atoms with Crippen LogP contribution in [0.3, 0.4) is 0 Å². The smallest absolute Gasteiger partial charge is 0.126 e. The van der Waals surface area contributed by atoms with Crippen molar-refractivity contribution in [1.82, 2.24) is 10.3 Å². The van der Waals surface area contributed by atoms with E-state index in [9.17, 15) is 4.39 Å². The van der Waals surface area contributed by atoms with Crippen molar-refractivity contribution < 1.29 is 4.39 Å². The lowest BCUT2D eigenvalue weighted by molar-refractivity contribution is 0.510. The van der Waals surface area contributed by atoms with Crippen LogP contribution in [0.5, 0.6) is 0 Å². The molecule has 0 spiro atoms. The molecule has 3 heteroatoms. The summed E-state index contributed by atoms with van der Waals surface area (Å²) >= 11 is 0. The van der Waals surface area contributed by atoms with Gasteiger partial charge in [0, 0.05) is 18.4 Å². The Morgan fingerprint density at radius 2 is 2.15 bits per heavy atom. The van der Waals surface area contributed by atoms with Gasteiger partial charge in [0.25, 0.3) is 0 Å².